The molecule has 4 nitrogen and oxygen atoms in total. The van der Waals surface area contributed by atoms with E-state index in [0.29, 0.717) is 23.1 Å². The first kappa shape index (κ1) is 34.7. The number of benzene rings is 1. The van der Waals surface area contributed by atoms with Crippen molar-refractivity contribution in [3.05, 3.63) is 58.9 Å². The SMILES string of the molecule is CCCCCCCCCCCCCCCCOc1ccc(C(C)NC(=O)c2cccc[n+]2CC)cc1Cl.[I-]. The van der Waals surface area contributed by atoms with E-state index in [2.05, 4.69) is 12.2 Å². The maximum Gasteiger partial charge on any atom is 0.316 e. The van der Waals surface area contributed by atoms with Crippen molar-refractivity contribution in [1.29, 1.82) is 0 Å². The third-order valence-electron chi connectivity index (χ3n) is 7.07. The van der Waals surface area contributed by atoms with E-state index >= 15 is 0 Å². The summed E-state index contributed by atoms with van der Waals surface area (Å²) >= 11 is 6.50. The summed E-state index contributed by atoms with van der Waals surface area (Å²) in [7, 11) is 0. The fourth-order valence-corrected chi connectivity index (χ4v) is 4.94. The van der Waals surface area contributed by atoms with Crippen LogP contribution in [0.5, 0.6) is 5.75 Å². The van der Waals surface area contributed by atoms with Crippen molar-refractivity contribution in [2.45, 2.75) is 123 Å². The van der Waals surface area contributed by atoms with Gasteiger partial charge in [-0.05, 0) is 44.0 Å². The van der Waals surface area contributed by atoms with E-state index in [1.807, 2.05) is 61.0 Å². The minimum atomic E-state index is -0.157. The lowest BCUT2D eigenvalue weighted by molar-refractivity contribution is -0.695. The summed E-state index contributed by atoms with van der Waals surface area (Å²) in [5, 5.41) is 3.66. The molecule has 1 amide bonds. The van der Waals surface area contributed by atoms with Crippen molar-refractivity contribution < 1.29 is 38.1 Å². The van der Waals surface area contributed by atoms with Gasteiger partial charge >= 0.3 is 5.91 Å². The van der Waals surface area contributed by atoms with Gasteiger partial charge in [0.15, 0.2) is 6.20 Å². The molecule has 0 aliphatic carbocycles. The maximum absolute atomic E-state index is 12.7. The molecule has 0 spiro atoms. The van der Waals surface area contributed by atoms with Gasteiger partial charge in [-0.1, -0.05) is 108 Å². The first-order chi connectivity index (χ1) is 18.1. The molecule has 38 heavy (non-hydrogen) atoms. The molecule has 6 heteroatoms. The van der Waals surface area contributed by atoms with Gasteiger partial charge in [-0.3, -0.25) is 4.79 Å². The molecule has 1 N–H and O–H groups in total. The van der Waals surface area contributed by atoms with Gasteiger partial charge in [-0.15, -0.1) is 0 Å². The van der Waals surface area contributed by atoms with E-state index in [-0.39, 0.29) is 35.9 Å². The molecular formula is C32H50ClIN2O2. The Morgan fingerprint density at radius 2 is 1.45 bits per heavy atom. The van der Waals surface area contributed by atoms with E-state index in [0.717, 1.165) is 18.5 Å². The van der Waals surface area contributed by atoms with Gasteiger partial charge in [0.2, 0.25) is 0 Å². The van der Waals surface area contributed by atoms with Crippen LogP contribution in [0.4, 0.5) is 0 Å². The average molecular weight is 657 g/mol. The van der Waals surface area contributed by atoms with Crippen molar-refractivity contribution in [1.82, 2.24) is 5.32 Å². The second-order valence-corrected chi connectivity index (χ2v) is 10.6. The minimum absolute atomic E-state index is 0. The van der Waals surface area contributed by atoms with Gasteiger partial charge < -0.3 is 34.0 Å². The van der Waals surface area contributed by atoms with Crippen LogP contribution in [0.1, 0.15) is 133 Å². The first-order valence-corrected chi connectivity index (χ1v) is 15.2. The summed E-state index contributed by atoms with van der Waals surface area (Å²) in [6.07, 6.45) is 20.8. The number of hydrogen-bond acceptors (Lipinski definition) is 2. The Hall–Kier alpha value is -1.34. The van der Waals surface area contributed by atoms with Crippen molar-refractivity contribution in [3.63, 3.8) is 0 Å². The molecule has 214 valence electrons. The number of rotatable bonds is 20. The average Bonchev–Trinajstić information content (AvgIpc) is 2.91. The molecule has 0 fully saturated rings. The number of ether oxygens (including phenoxy) is 1. The molecule has 0 bridgehead atoms. The normalized spacial score (nSPS) is 11.6. The highest BCUT2D eigenvalue weighted by Crippen LogP contribution is 2.28. The Morgan fingerprint density at radius 1 is 0.868 bits per heavy atom. The van der Waals surface area contributed by atoms with Crippen LogP contribution in [0, 0.1) is 0 Å². The number of carbonyl (C=O) groups is 1. The Morgan fingerprint density at radius 3 is 2.00 bits per heavy atom. The number of carbonyl (C=O) groups excluding carboxylic acids is 1. The Bertz CT molecular complexity index is 909. The molecule has 0 aliphatic rings. The molecular weight excluding hydrogens is 607 g/mol. The summed E-state index contributed by atoms with van der Waals surface area (Å²) in [6, 6.07) is 11.3. The van der Waals surface area contributed by atoms with Gasteiger partial charge in [0.25, 0.3) is 5.69 Å². The summed E-state index contributed by atoms with van der Waals surface area (Å²) in [5.41, 5.74) is 1.61. The summed E-state index contributed by atoms with van der Waals surface area (Å²) in [4.78, 5) is 12.7. The zero-order valence-electron chi connectivity index (χ0n) is 24.0. The lowest BCUT2D eigenvalue weighted by atomic mass is 10.0. The zero-order valence-corrected chi connectivity index (χ0v) is 26.9. The largest absolute Gasteiger partial charge is 1.00 e. The highest BCUT2D eigenvalue weighted by Gasteiger charge is 2.20. The number of hydrogen-bond donors (Lipinski definition) is 1. The third kappa shape index (κ3) is 13.6. The summed E-state index contributed by atoms with van der Waals surface area (Å²) in [5.74, 6) is 0.620. The Labute approximate surface area is 254 Å². The van der Waals surface area contributed by atoms with Crippen LogP contribution in [-0.4, -0.2) is 12.5 Å². The fraction of sp³-hybridized carbons (Fsp3) is 0.625. The van der Waals surface area contributed by atoms with Crippen molar-refractivity contribution in [2.24, 2.45) is 0 Å². The highest BCUT2D eigenvalue weighted by molar-refractivity contribution is 6.32. The van der Waals surface area contributed by atoms with E-state index in [9.17, 15) is 4.79 Å². The van der Waals surface area contributed by atoms with Crippen molar-refractivity contribution in [3.8, 4) is 5.75 Å². The molecule has 1 heterocycles. The van der Waals surface area contributed by atoms with Crippen LogP contribution in [0.2, 0.25) is 5.02 Å². The van der Waals surface area contributed by atoms with Crippen LogP contribution in [0.3, 0.4) is 0 Å². The van der Waals surface area contributed by atoms with E-state index in [4.69, 9.17) is 16.3 Å². The molecule has 0 aliphatic heterocycles. The molecule has 1 atom stereocenters. The van der Waals surface area contributed by atoms with Crippen molar-refractivity contribution >= 4 is 17.5 Å². The van der Waals surface area contributed by atoms with Gasteiger partial charge in [-0.25, -0.2) is 0 Å². The predicted octanol–water partition coefficient (Wildman–Crippen LogP) is 6.00. The van der Waals surface area contributed by atoms with Gasteiger partial charge in [0, 0.05) is 12.1 Å². The zero-order chi connectivity index (χ0) is 26.7. The number of nitrogens with one attached hydrogen (secondary N) is 1. The molecule has 2 aromatic rings. The Kier molecular flexibility index (Phi) is 19.6. The number of halogens is 2. The van der Waals surface area contributed by atoms with Crippen LogP contribution >= 0.6 is 11.6 Å². The van der Waals surface area contributed by atoms with Crippen LogP contribution in [0.15, 0.2) is 42.6 Å². The molecule has 1 aromatic heterocycles. The van der Waals surface area contributed by atoms with E-state index in [1.165, 1.54) is 83.5 Å². The van der Waals surface area contributed by atoms with Crippen LogP contribution in [0.25, 0.3) is 0 Å². The number of pyridine rings is 1. The highest BCUT2D eigenvalue weighted by atomic mass is 127. The number of unbranched alkanes of at least 4 members (excludes halogenated alkanes) is 13. The Balaban J connectivity index is 0.00000722. The standard InChI is InChI=1S/C32H49ClN2O2.HI/c1-4-6-7-8-9-10-11-12-13-14-15-16-17-20-25-37-31-23-22-28(26-29(31)33)27(3)34-32(36)30-21-18-19-24-35(30)5-2;/h18-19,21-24,26-27H,4-17,20,25H2,1-3H3;1H. The minimum Gasteiger partial charge on any atom is -1.00 e. The maximum atomic E-state index is 12.7. The lowest BCUT2D eigenvalue weighted by Crippen LogP contribution is -3.00. The predicted molar refractivity (Wildman–Crippen MR) is 155 cm³/mol. The number of aromatic nitrogens is 1. The molecule has 1 unspecified atom stereocenters. The lowest BCUT2D eigenvalue weighted by Gasteiger charge is -2.15. The molecule has 0 radical (unpaired) electrons. The van der Waals surface area contributed by atoms with Crippen LogP contribution in [-0.2, 0) is 6.54 Å². The van der Waals surface area contributed by atoms with E-state index in [1.54, 1.807) is 0 Å². The summed E-state index contributed by atoms with van der Waals surface area (Å²) in [6.45, 7) is 7.71. The van der Waals surface area contributed by atoms with E-state index < -0.39 is 0 Å². The van der Waals surface area contributed by atoms with Gasteiger partial charge in [0.05, 0.1) is 17.7 Å². The van der Waals surface area contributed by atoms with Gasteiger partial charge in [0.1, 0.15) is 12.3 Å². The summed E-state index contributed by atoms with van der Waals surface area (Å²) < 4.78 is 7.87. The second-order valence-electron chi connectivity index (χ2n) is 10.2. The topological polar surface area (TPSA) is 42.2 Å². The number of aryl methyl sites for hydroxylation is 1. The monoisotopic (exact) mass is 656 g/mol. The molecule has 0 saturated carbocycles. The number of nitrogens with zero attached hydrogens (tertiary/aromatic N) is 1. The molecule has 1 aromatic carbocycles. The molecule has 0 saturated heterocycles. The van der Waals surface area contributed by atoms with Crippen LogP contribution < -0.4 is 38.6 Å². The fourth-order valence-electron chi connectivity index (χ4n) is 4.69. The smallest absolute Gasteiger partial charge is 0.316 e. The number of amides is 1. The van der Waals surface area contributed by atoms with Gasteiger partial charge in [-0.2, -0.15) is 4.57 Å². The third-order valence-corrected chi connectivity index (χ3v) is 7.37. The second kappa shape index (κ2) is 21.5. The first-order valence-electron chi connectivity index (χ1n) is 14.8. The molecule has 2 rings (SSSR count). The van der Waals surface area contributed by atoms with Crippen molar-refractivity contribution in [2.75, 3.05) is 6.61 Å². The quantitative estimate of drug-likeness (QED) is 0.108.